The number of piperazine rings is 1. The Morgan fingerprint density at radius 1 is 1.37 bits per heavy atom. The third-order valence-corrected chi connectivity index (χ3v) is 3.56. The van der Waals surface area contributed by atoms with Crippen LogP contribution >= 0.6 is 0 Å². The van der Waals surface area contributed by atoms with Gasteiger partial charge < -0.3 is 19.7 Å². The van der Waals surface area contributed by atoms with E-state index in [1.54, 1.807) is 0 Å². The topological polar surface area (TPSA) is 50.8 Å². The van der Waals surface area contributed by atoms with Crippen molar-refractivity contribution in [1.29, 1.82) is 0 Å². The van der Waals surface area contributed by atoms with Gasteiger partial charge in [0.05, 0.1) is 5.56 Å². The maximum absolute atomic E-state index is 12.6. The molecule has 2 heterocycles. The summed E-state index contributed by atoms with van der Waals surface area (Å²) in [6.07, 6.45) is 0. The molecule has 1 saturated heterocycles. The molecule has 0 aromatic heterocycles. The van der Waals surface area contributed by atoms with Crippen LogP contribution in [0.25, 0.3) is 0 Å². The van der Waals surface area contributed by atoms with E-state index in [0.29, 0.717) is 30.3 Å². The SMILES string of the molecule is CC1CNCCN1C(=O)c1cccc2c1OCCO2. The molecule has 1 aromatic rings. The second-order valence-electron chi connectivity index (χ2n) is 4.88. The zero-order valence-electron chi connectivity index (χ0n) is 11.0. The molecule has 2 aliphatic rings. The number of ether oxygens (including phenoxy) is 2. The van der Waals surface area contributed by atoms with E-state index in [4.69, 9.17) is 9.47 Å². The fraction of sp³-hybridized carbons (Fsp3) is 0.500. The molecule has 0 spiro atoms. The minimum atomic E-state index is 0.0244. The Kier molecular flexibility index (Phi) is 3.29. The van der Waals surface area contributed by atoms with Crippen molar-refractivity contribution in [2.45, 2.75) is 13.0 Å². The third kappa shape index (κ3) is 2.26. The van der Waals surface area contributed by atoms with Crippen molar-refractivity contribution >= 4 is 5.91 Å². The molecule has 1 unspecified atom stereocenters. The minimum absolute atomic E-state index is 0.0244. The predicted molar refractivity (Wildman–Crippen MR) is 70.8 cm³/mol. The lowest BCUT2D eigenvalue weighted by molar-refractivity contribution is 0.0646. The van der Waals surface area contributed by atoms with Crippen LogP contribution in [0.4, 0.5) is 0 Å². The zero-order valence-corrected chi connectivity index (χ0v) is 11.0. The number of hydrogen-bond donors (Lipinski definition) is 1. The lowest BCUT2D eigenvalue weighted by Crippen LogP contribution is -2.52. The van der Waals surface area contributed by atoms with Crippen molar-refractivity contribution in [3.05, 3.63) is 23.8 Å². The molecule has 1 N–H and O–H groups in total. The smallest absolute Gasteiger partial charge is 0.258 e. The van der Waals surface area contributed by atoms with Gasteiger partial charge in [-0.3, -0.25) is 4.79 Å². The van der Waals surface area contributed by atoms with E-state index >= 15 is 0 Å². The molecule has 1 fully saturated rings. The highest BCUT2D eigenvalue weighted by atomic mass is 16.6. The first-order valence-electron chi connectivity index (χ1n) is 6.67. The normalized spacial score (nSPS) is 22.2. The van der Waals surface area contributed by atoms with E-state index in [1.807, 2.05) is 23.1 Å². The van der Waals surface area contributed by atoms with Gasteiger partial charge in [0.1, 0.15) is 13.2 Å². The van der Waals surface area contributed by atoms with E-state index in [1.165, 1.54) is 0 Å². The summed E-state index contributed by atoms with van der Waals surface area (Å²) in [7, 11) is 0. The third-order valence-electron chi connectivity index (χ3n) is 3.56. The van der Waals surface area contributed by atoms with Crippen LogP contribution < -0.4 is 14.8 Å². The van der Waals surface area contributed by atoms with Crippen LogP contribution in [0, 0.1) is 0 Å². The van der Waals surface area contributed by atoms with E-state index in [9.17, 15) is 4.79 Å². The van der Waals surface area contributed by atoms with Gasteiger partial charge in [0, 0.05) is 25.7 Å². The number of fused-ring (bicyclic) bond motifs is 1. The first-order chi connectivity index (χ1) is 9.27. The molecule has 1 atom stereocenters. The van der Waals surface area contributed by atoms with E-state index in [-0.39, 0.29) is 11.9 Å². The van der Waals surface area contributed by atoms with Crippen LogP contribution in [0.2, 0.25) is 0 Å². The lowest BCUT2D eigenvalue weighted by Gasteiger charge is -2.34. The highest BCUT2D eigenvalue weighted by Gasteiger charge is 2.28. The largest absolute Gasteiger partial charge is 0.486 e. The maximum atomic E-state index is 12.6. The molecule has 102 valence electrons. The molecule has 0 radical (unpaired) electrons. The number of para-hydroxylation sites is 1. The molecule has 0 aliphatic carbocycles. The summed E-state index contributed by atoms with van der Waals surface area (Å²) in [5, 5.41) is 3.28. The quantitative estimate of drug-likeness (QED) is 0.816. The zero-order chi connectivity index (χ0) is 13.2. The molecule has 1 aromatic carbocycles. The van der Waals surface area contributed by atoms with Crippen molar-refractivity contribution in [2.75, 3.05) is 32.8 Å². The fourth-order valence-corrected chi connectivity index (χ4v) is 2.54. The summed E-state index contributed by atoms with van der Waals surface area (Å²) in [4.78, 5) is 14.5. The van der Waals surface area contributed by atoms with Crippen LogP contribution in [0.5, 0.6) is 11.5 Å². The van der Waals surface area contributed by atoms with Gasteiger partial charge in [-0.2, -0.15) is 0 Å². The summed E-state index contributed by atoms with van der Waals surface area (Å²) in [5.74, 6) is 1.28. The van der Waals surface area contributed by atoms with Crippen molar-refractivity contribution < 1.29 is 14.3 Å². The predicted octanol–water partition coefficient (Wildman–Crippen LogP) is 0.892. The van der Waals surface area contributed by atoms with Gasteiger partial charge in [-0.05, 0) is 19.1 Å². The van der Waals surface area contributed by atoms with Crippen LogP contribution in [0.1, 0.15) is 17.3 Å². The summed E-state index contributed by atoms with van der Waals surface area (Å²) in [5.41, 5.74) is 0.603. The van der Waals surface area contributed by atoms with Crippen LogP contribution in [0.3, 0.4) is 0 Å². The monoisotopic (exact) mass is 262 g/mol. The maximum Gasteiger partial charge on any atom is 0.258 e. The second kappa shape index (κ2) is 5.09. The van der Waals surface area contributed by atoms with Gasteiger partial charge in [-0.15, -0.1) is 0 Å². The Morgan fingerprint density at radius 2 is 2.21 bits per heavy atom. The minimum Gasteiger partial charge on any atom is -0.486 e. The average molecular weight is 262 g/mol. The van der Waals surface area contributed by atoms with Crippen molar-refractivity contribution in [3.8, 4) is 11.5 Å². The molecule has 5 heteroatoms. The molecule has 1 amide bonds. The fourth-order valence-electron chi connectivity index (χ4n) is 2.54. The number of carbonyl (C=O) groups is 1. The van der Waals surface area contributed by atoms with Crippen LogP contribution in [-0.4, -0.2) is 49.7 Å². The van der Waals surface area contributed by atoms with Gasteiger partial charge in [0.25, 0.3) is 5.91 Å². The Morgan fingerprint density at radius 3 is 3.05 bits per heavy atom. The Labute approximate surface area is 112 Å². The van der Waals surface area contributed by atoms with Crippen LogP contribution in [0.15, 0.2) is 18.2 Å². The van der Waals surface area contributed by atoms with Gasteiger partial charge in [-0.25, -0.2) is 0 Å². The summed E-state index contributed by atoms with van der Waals surface area (Å²) in [6.45, 7) is 5.48. The molecular formula is C14H18N2O3. The van der Waals surface area contributed by atoms with Gasteiger partial charge in [-0.1, -0.05) is 6.07 Å². The van der Waals surface area contributed by atoms with Gasteiger partial charge in [0.2, 0.25) is 0 Å². The molecule has 5 nitrogen and oxygen atoms in total. The number of hydrogen-bond acceptors (Lipinski definition) is 4. The standard InChI is InChI=1S/C14H18N2O3/c1-10-9-15-5-6-16(10)14(17)11-3-2-4-12-13(11)19-8-7-18-12/h2-4,10,15H,5-9H2,1H3. The first-order valence-corrected chi connectivity index (χ1v) is 6.67. The molecule has 2 aliphatic heterocycles. The van der Waals surface area contributed by atoms with E-state index in [2.05, 4.69) is 12.2 Å². The average Bonchev–Trinajstić information content (AvgIpc) is 2.46. The van der Waals surface area contributed by atoms with Crippen molar-refractivity contribution in [1.82, 2.24) is 10.2 Å². The van der Waals surface area contributed by atoms with E-state index < -0.39 is 0 Å². The Hall–Kier alpha value is -1.75. The number of nitrogens with zero attached hydrogens (tertiary/aromatic N) is 1. The Balaban J connectivity index is 1.91. The number of nitrogens with one attached hydrogen (secondary N) is 1. The van der Waals surface area contributed by atoms with Crippen molar-refractivity contribution in [2.24, 2.45) is 0 Å². The molecule has 0 saturated carbocycles. The van der Waals surface area contributed by atoms with E-state index in [0.717, 1.165) is 19.6 Å². The molecule has 3 rings (SSSR count). The number of amides is 1. The number of benzene rings is 1. The summed E-state index contributed by atoms with van der Waals surface area (Å²) < 4.78 is 11.1. The summed E-state index contributed by atoms with van der Waals surface area (Å²) >= 11 is 0. The van der Waals surface area contributed by atoms with Crippen molar-refractivity contribution in [3.63, 3.8) is 0 Å². The first kappa shape index (κ1) is 12.3. The highest BCUT2D eigenvalue weighted by Crippen LogP contribution is 2.34. The molecule has 19 heavy (non-hydrogen) atoms. The second-order valence-corrected chi connectivity index (χ2v) is 4.88. The molecule has 0 bridgehead atoms. The summed E-state index contributed by atoms with van der Waals surface area (Å²) in [6, 6.07) is 5.69. The number of rotatable bonds is 1. The Bertz CT molecular complexity index is 490. The lowest BCUT2D eigenvalue weighted by atomic mass is 10.1. The van der Waals surface area contributed by atoms with Crippen LogP contribution in [-0.2, 0) is 0 Å². The van der Waals surface area contributed by atoms with Gasteiger partial charge in [0.15, 0.2) is 11.5 Å². The van der Waals surface area contributed by atoms with Gasteiger partial charge >= 0.3 is 0 Å². The number of carbonyl (C=O) groups excluding carboxylic acids is 1. The highest BCUT2D eigenvalue weighted by molar-refractivity contribution is 5.98. The molecular weight excluding hydrogens is 244 g/mol.